The van der Waals surface area contributed by atoms with Crippen molar-refractivity contribution in [3.63, 3.8) is 0 Å². The fraction of sp³-hybridized carbons (Fsp3) is 0.160. The summed E-state index contributed by atoms with van der Waals surface area (Å²) in [6.45, 7) is 5.00. The van der Waals surface area contributed by atoms with Gasteiger partial charge in [-0.15, -0.1) is 0 Å². The summed E-state index contributed by atoms with van der Waals surface area (Å²) in [6, 6.07) is 6.61. The molecule has 2 N–H and O–H groups in total. The number of aromatic nitrogens is 2. The lowest BCUT2D eigenvalue weighted by atomic mass is 9.98. The molecule has 2 aromatic heterocycles. The molecule has 4 aromatic rings. The number of hydrogen-bond donors (Lipinski definition) is 2. The molecule has 0 aliphatic carbocycles. The number of nitrogens with one attached hydrogen (secondary N) is 1. The topological polar surface area (TPSA) is 89.5 Å². The largest absolute Gasteiger partial charge is 0.507 e. The molecule has 2 aromatic carbocycles. The molecule has 35 heavy (non-hydrogen) atoms. The van der Waals surface area contributed by atoms with Crippen molar-refractivity contribution in [2.75, 3.05) is 31.1 Å². The highest BCUT2D eigenvalue weighted by molar-refractivity contribution is 6.35. The van der Waals surface area contributed by atoms with Gasteiger partial charge >= 0.3 is 0 Å². The maximum Gasteiger partial charge on any atom is 0.259 e. The van der Waals surface area contributed by atoms with E-state index >= 15 is 4.39 Å². The Hall–Kier alpha value is -3.98. The third kappa shape index (κ3) is 3.68. The predicted molar refractivity (Wildman–Crippen MR) is 131 cm³/mol. The van der Waals surface area contributed by atoms with Crippen LogP contribution in [0.4, 0.5) is 14.5 Å². The number of pyridine rings is 2. The standard InChI is InChI=1S/C25H19ClF2N4O3/c1-2-18(34)31-8-10-32(11-9-31)24-13-12-14(26)19(20-15(27)4-3-5-17(20)33)22(28)23(13)30-16-6-7-29-25(35)21(16)24/h2-7,12,33H,1,8-11H2,(H,29,35). The van der Waals surface area contributed by atoms with E-state index in [4.69, 9.17) is 11.6 Å². The first-order valence-corrected chi connectivity index (χ1v) is 11.2. The minimum absolute atomic E-state index is 0.121. The quantitative estimate of drug-likeness (QED) is 0.327. The third-order valence-electron chi connectivity index (χ3n) is 6.18. The number of fused-ring (bicyclic) bond motifs is 2. The molecule has 0 spiro atoms. The van der Waals surface area contributed by atoms with Crippen molar-refractivity contribution in [3.05, 3.63) is 76.2 Å². The summed E-state index contributed by atoms with van der Waals surface area (Å²) < 4.78 is 30.6. The predicted octanol–water partition coefficient (Wildman–Crippen LogP) is 4.22. The first-order valence-electron chi connectivity index (χ1n) is 10.8. The van der Waals surface area contributed by atoms with Crippen molar-refractivity contribution in [3.8, 4) is 16.9 Å². The van der Waals surface area contributed by atoms with Gasteiger partial charge in [-0.1, -0.05) is 24.2 Å². The van der Waals surface area contributed by atoms with Crippen LogP contribution in [-0.4, -0.2) is 52.1 Å². The second-order valence-corrected chi connectivity index (χ2v) is 8.53. The molecular weight excluding hydrogens is 478 g/mol. The van der Waals surface area contributed by atoms with Crippen molar-refractivity contribution >= 4 is 45.0 Å². The van der Waals surface area contributed by atoms with Crippen LogP contribution < -0.4 is 10.5 Å². The number of benzene rings is 2. The molecule has 0 unspecified atom stereocenters. The van der Waals surface area contributed by atoms with Gasteiger partial charge in [0.15, 0.2) is 5.82 Å². The number of carbonyl (C=O) groups excluding carboxylic acids is 1. The number of amides is 1. The Balaban J connectivity index is 1.78. The second kappa shape index (κ2) is 8.66. The van der Waals surface area contributed by atoms with Crippen LogP contribution in [0.2, 0.25) is 5.02 Å². The first kappa shape index (κ1) is 22.8. The monoisotopic (exact) mass is 496 g/mol. The average Bonchev–Trinajstić information content (AvgIpc) is 2.85. The van der Waals surface area contributed by atoms with Gasteiger partial charge in [0, 0.05) is 43.3 Å². The minimum atomic E-state index is -0.920. The van der Waals surface area contributed by atoms with Gasteiger partial charge in [0.05, 0.1) is 27.2 Å². The Labute approximate surface area is 202 Å². The number of rotatable bonds is 3. The maximum absolute atomic E-state index is 16.0. The number of nitrogens with zero attached hydrogens (tertiary/aromatic N) is 3. The number of H-pyrrole nitrogens is 1. The van der Waals surface area contributed by atoms with Gasteiger partial charge in [0.25, 0.3) is 5.56 Å². The maximum atomic E-state index is 16.0. The van der Waals surface area contributed by atoms with E-state index in [0.717, 1.165) is 6.07 Å². The number of phenols is 1. The molecule has 0 bridgehead atoms. The molecule has 1 aliphatic rings. The Kier molecular flexibility index (Phi) is 5.64. The van der Waals surface area contributed by atoms with Crippen LogP contribution in [0.25, 0.3) is 32.9 Å². The summed E-state index contributed by atoms with van der Waals surface area (Å²) in [6.07, 6.45) is 2.65. The van der Waals surface area contributed by atoms with Gasteiger partial charge in [-0.25, -0.2) is 13.8 Å². The van der Waals surface area contributed by atoms with Crippen LogP contribution in [0.1, 0.15) is 0 Å². The van der Waals surface area contributed by atoms with Crippen LogP contribution in [0.15, 0.2) is 54.0 Å². The Bertz CT molecular complexity index is 1560. The summed E-state index contributed by atoms with van der Waals surface area (Å²) in [5.74, 6) is -2.43. The van der Waals surface area contributed by atoms with E-state index in [1.165, 1.54) is 30.5 Å². The molecule has 0 saturated carbocycles. The molecule has 3 heterocycles. The van der Waals surface area contributed by atoms with Crippen LogP contribution in [0.5, 0.6) is 5.75 Å². The summed E-state index contributed by atoms with van der Waals surface area (Å²) in [4.78, 5) is 35.4. The second-order valence-electron chi connectivity index (χ2n) is 8.12. The number of hydrogen-bond acceptors (Lipinski definition) is 5. The summed E-state index contributed by atoms with van der Waals surface area (Å²) >= 11 is 6.46. The van der Waals surface area contributed by atoms with E-state index in [1.807, 2.05) is 4.90 Å². The van der Waals surface area contributed by atoms with Gasteiger partial charge in [-0.05, 0) is 30.3 Å². The molecule has 1 fully saturated rings. The Morgan fingerprint density at radius 1 is 1.17 bits per heavy atom. The molecule has 5 rings (SSSR count). The van der Waals surface area contributed by atoms with Gasteiger partial charge < -0.3 is 19.9 Å². The van der Waals surface area contributed by atoms with E-state index in [2.05, 4.69) is 16.5 Å². The first-order chi connectivity index (χ1) is 16.8. The zero-order valence-electron chi connectivity index (χ0n) is 18.3. The van der Waals surface area contributed by atoms with Crippen LogP contribution in [-0.2, 0) is 4.79 Å². The minimum Gasteiger partial charge on any atom is -0.507 e. The number of aromatic hydroxyl groups is 1. The zero-order chi connectivity index (χ0) is 24.9. The molecule has 1 aliphatic heterocycles. The third-order valence-corrected chi connectivity index (χ3v) is 6.48. The van der Waals surface area contributed by atoms with E-state index in [0.29, 0.717) is 31.9 Å². The van der Waals surface area contributed by atoms with E-state index in [-0.39, 0.29) is 43.9 Å². The summed E-state index contributed by atoms with van der Waals surface area (Å²) in [5, 5.41) is 10.6. The Morgan fingerprint density at radius 2 is 1.91 bits per heavy atom. The molecule has 0 radical (unpaired) electrons. The van der Waals surface area contributed by atoms with Gasteiger partial charge in [0.2, 0.25) is 5.91 Å². The van der Waals surface area contributed by atoms with Gasteiger partial charge in [0.1, 0.15) is 17.1 Å². The van der Waals surface area contributed by atoms with E-state index in [9.17, 15) is 19.1 Å². The molecule has 7 nitrogen and oxygen atoms in total. The summed E-state index contributed by atoms with van der Waals surface area (Å²) in [5.41, 5.74) is -0.566. The van der Waals surface area contributed by atoms with Crippen molar-refractivity contribution in [2.45, 2.75) is 0 Å². The van der Waals surface area contributed by atoms with Crippen LogP contribution in [0, 0.1) is 11.6 Å². The molecular formula is C25H19ClF2N4O3. The lowest BCUT2D eigenvalue weighted by Gasteiger charge is -2.36. The highest BCUT2D eigenvalue weighted by atomic mass is 35.5. The van der Waals surface area contributed by atoms with Crippen LogP contribution >= 0.6 is 11.6 Å². The van der Waals surface area contributed by atoms with Gasteiger partial charge in [-0.2, -0.15) is 0 Å². The van der Waals surface area contributed by atoms with Gasteiger partial charge in [-0.3, -0.25) is 9.59 Å². The fourth-order valence-corrected chi connectivity index (χ4v) is 4.83. The molecule has 178 valence electrons. The SMILES string of the molecule is C=CC(=O)N1CCN(c2c3cc(Cl)c(-c4c(O)cccc4F)c(F)c3nc3cc[nH]c(=O)c23)CC1. The van der Waals surface area contributed by atoms with Crippen molar-refractivity contribution < 1.29 is 18.7 Å². The van der Waals surface area contributed by atoms with Crippen molar-refractivity contribution in [1.82, 2.24) is 14.9 Å². The molecule has 0 atom stereocenters. The number of anilines is 1. The number of carbonyl (C=O) groups is 1. The molecule has 10 heteroatoms. The number of piperazine rings is 1. The summed E-state index contributed by atoms with van der Waals surface area (Å²) in [7, 11) is 0. The highest BCUT2D eigenvalue weighted by Crippen LogP contribution is 2.43. The number of phenolic OH excluding ortho intramolecular Hbond substituents is 1. The van der Waals surface area contributed by atoms with E-state index < -0.39 is 22.9 Å². The molecule has 1 amide bonds. The van der Waals surface area contributed by atoms with Crippen molar-refractivity contribution in [1.29, 1.82) is 0 Å². The fourth-order valence-electron chi connectivity index (χ4n) is 4.54. The zero-order valence-corrected chi connectivity index (χ0v) is 19.1. The van der Waals surface area contributed by atoms with E-state index in [1.54, 1.807) is 11.0 Å². The number of halogens is 3. The van der Waals surface area contributed by atoms with Crippen molar-refractivity contribution in [2.24, 2.45) is 0 Å². The highest BCUT2D eigenvalue weighted by Gasteiger charge is 2.28. The Morgan fingerprint density at radius 3 is 2.60 bits per heavy atom. The average molecular weight is 497 g/mol. The smallest absolute Gasteiger partial charge is 0.259 e. The number of aromatic amines is 1. The lowest BCUT2D eigenvalue weighted by molar-refractivity contribution is -0.126. The lowest BCUT2D eigenvalue weighted by Crippen LogP contribution is -2.48. The van der Waals surface area contributed by atoms with Crippen LogP contribution in [0.3, 0.4) is 0 Å². The normalized spacial score (nSPS) is 14.0. The molecule has 1 saturated heterocycles.